The van der Waals surface area contributed by atoms with Gasteiger partial charge in [0, 0.05) is 11.8 Å². The van der Waals surface area contributed by atoms with E-state index in [1.807, 2.05) is 24.3 Å². The lowest BCUT2D eigenvalue weighted by Crippen LogP contribution is -2.32. The molecule has 20 heavy (non-hydrogen) atoms. The summed E-state index contributed by atoms with van der Waals surface area (Å²) in [5.74, 6) is 5.63. The predicted octanol–water partition coefficient (Wildman–Crippen LogP) is 1.33. The molecule has 0 bridgehead atoms. The Morgan fingerprint density at radius 1 is 1.40 bits per heavy atom. The molecule has 1 aromatic heterocycles. The minimum Gasteiger partial charge on any atom is -0.494 e. The minimum absolute atomic E-state index is 0.154. The molecule has 0 spiro atoms. The van der Waals surface area contributed by atoms with E-state index in [0.29, 0.717) is 6.61 Å². The van der Waals surface area contributed by atoms with Crippen LogP contribution in [0.4, 0.5) is 0 Å². The highest BCUT2D eigenvalue weighted by Gasteiger charge is 2.05. The Labute approximate surface area is 117 Å². The molecule has 0 aliphatic rings. The maximum absolute atomic E-state index is 11.2. The zero-order chi connectivity index (χ0) is 14.4. The van der Waals surface area contributed by atoms with Gasteiger partial charge in [0.1, 0.15) is 12.3 Å². The van der Waals surface area contributed by atoms with Crippen LogP contribution < -0.4 is 16.0 Å². The molecule has 0 saturated heterocycles. The number of nitrogens with two attached hydrogens (primary N) is 1. The number of benzene rings is 1. The highest BCUT2D eigenvalue weighted by molar-refractivity contribution is 5.75. The Bertz CT molecular complexity index is 563. The summed E-state index contributed by atoms with van der Waals surface area (Å²) < 4.78 is 7.21. The zero-order valence-electron chi connectivity index (χ0n) is 11.4. The number of nitrogens with one attached hydrogen (secondary N) is 1. The first-order valence-electron chi connectivity index (χ1n) is 6.47. The van der Waals surface area contributed by atoms with Crippen LogP contribution in [0.2, 0.25) is 0 Å². The molecule has 0 fully saturated rings. The Morgan fingerprint density at radius 2 is 2.15 bits per heavy atom. The van der Waals surface area contributed by atoms with Gasteiger partial charge in [-0.2, -0.15) is 0 Å². The van der Waals surface area contributed by atoms with Crippen LogP contribution in [0.3, 0.4) is 0 Å². The van der Waals surface area contributed by atoms with Crippen molar-refractivity contribution in [3.8, 4) is 17.0 Å². The highest BCUT2D eigenvalue weighted by Crippen LogP contribution is 2.20. The third-order valence-corrected chi connectivity index (χ3v) is 2.74. The second kappa shape index (κ2) is 6.72. The molecule has 0 saturated carbocycles. The van der Waals surface area contributed by atoms with Crippen LogP contribution in [0.1, 0.15) is 13.3 Å². The van der Waals surface area contributed by atoms with Crippen molar-refractivity contribution in [3.63, 3.8) is 0 Å². The topological polar surface area (TPSA) is 82.2 Å². The average Bonchev–Trinajstić information content (AvgIpc) is 2.94. The maximum atomic E-state index is 11.2. The normalized spacial score (nSPS) is 10.3. The summed E-state index contributed by atoms with van der Waals surface area (Å²) >= 11 is 0. The summed E-state index contributed by atoms with van der Waals surface area (Å²) in [6, 6.07) is 7.72. The maximum Gasteiger partial charge on any atom is 0.253 e. The van der Waals surface area contributed by atoms with Gasteiger partial charge < -0.3 is 9.30 Å². The Kier molecular flexibility index (Phi) is 4.73. The summed E-state index contributed by atoms with van der Waals surface area (Å²) in [5, 5.41) is 0. The molecule has 0 aliphatic heterocycles. The van der Waals surface area contributed by atoms with Crippen molar-refractivity contribution in [1.29, 1.82) is 0 Å². The highest BCUT2D eigenvalue weighted by atomic mass is 16.5. The molecule has 6 nitrogen and oxygen atoms in total. The molecule has 3 N–H and O–H groups in total. The van der Waals surface area contributed by atoms with E-state index in [1.54, 1.807) is 17.1 Å². The molecule has 0 atom stereocenters. The molecular weight excluding hydrogens is 256 g/mol. The van der Waals surface area contributed by atoms with Crippen molar-refractivity contribution >= 4 is 5.91 Å². The van der Waals surface area contributed by atoms with Crippen LogP contribution in [0.5, 0.6) is 5.75 Å². The molecule has 1 amide bonds. The van der Waals surface area contributed by atoms with Crippen LogP contribution >= 0.6 is 0 Å². The molecule has 106 valence electrons. The van der Waals surface area contributed by atoms with Gasteiger partial charge in [-0.3, -0.25) is 10.2 Å². The van der Waals surface area contributed by atoms with E-state index in [2.05, 4.69) is 17.3 Å². The fourth-order valence-electron chi connectivity index (χ4n) is 1.75. The summed E-state index contributed by atoms with van der Waals surface area (Å²) in [6.45, 7) is 2.93. The average molecular weight is 274 g/mol. The first-order chi connectivity index (χ1) is 9.72. The number of rotatable bonds is 6. The SMILES string of the molecule is CCCOc1ccc(-c2cn(CC(=O)NN)cn2)cc1. The van der Waals surface area contributed by atoms with Gasteiger partial charge in [0.2, 0.25) is 0 Å². The molecule has 2 rings (SSSR count). The summed E-state index contributed by atoms with van der Waals surface area (Å²) in [5.41, 5.74) is 3.86. The van der Waals surface area contributed by atoms with E-state index in [1.165, 1.54) is 0 Å². The lowest BCUT2D eigenvalue weighted by molar-refractivity contribution is -0.121. The monoisotopic (exact) mass is 274 g/mol. The number of carbonyl (C=O) groups is 1. The Hall–Kier alpha value is -2.34. The first-order valence-corrected chi connectivity index (χ1v) is 6.47. The largest absolute Gasteiger partial charge is 0.494 e. The van der Waals surface area contributed by atoms with Crippen molar-refractivity contribution in [1.82, 2.24) is 15.0 Å². The van der Waals surface area contributed by atoms with E-state index in [4.69, 9.17) is 10.6 Å². The molecule has 0 unspecified atom stereocenters. The van der Waals surface area contributed by atoms with Crippen LogP contribution in [0, 0.1) is 0 Å². The minimum atomic E-state index is -0.266. The summed E-state index contributed by atoms with van der Waals surface area (Å²) in [7, 11) is 0. The summed E-state index contributed by atoms with van der Waals surface area (Å²) in [4.78, 5) is 15.4. The second-order valence-corrected chi connectivity index (χ2v) is 4.37. The molecule has 1 aromatic carbocycles. The van der Waals surface area contributed by atoms with Gasteiger partial charge in [-0.05, 0) is 30.7 Å². The number of nitrogens with zero attached hydrogens (tertiary/aromatic N) is 2. The van der Waals surface area contributed by atoms with Gasteiger partial charge in [-0.1, -0.05) is 6.92 Å². The van der Waals surface area contributed by atoms with Gasteiger partial charge in [0.05, 0.1) is 18.6 Å². The molecular formula is C14H18N4O2. The number of imidazole rings is 1. The molecule has 0 aliphatic carbocycles. The van der Waals surface area contributed by atoms with E-state index in [0.717, 1.165) is 23.4 Å². The lowest BCUT2D eigenvalue weighted by atomic mass is 10.1. The van der Waals surface area contributed by atoms with Crippen molar-refractivity contribution < 1.29 is 9.53 Å². The number of ether oxygens (including phenoxy) is 1. The first kappa shape index (κ1) is 14.1. The van der Waals surface area contributed by atoms with E-state index < -0.39 is 0 Å². The van der Waals surface area contributed by atoms with Gasteiger partial charge >= 0.3 is 0 Å². The number of amides is 1. The lowest BCUT2D eigenvalue weighted by Gasteiger charge is -2.04. The van der Waals surface area contributed by atoms with Gasteiger partial charge in [-0.15, -0.1) is 0 Å². The fourth-order valence-corrected chi connectivity index (χ4v) is 1.75. The van der Waals surface area contributed by atoms with Gasteiger partial charge in [-0.25, -0.2) is 10.8 Å². The number of carbonyl (C=O) groups excluding carboxylic acids is 1. The standard InChI is InChI=1S/C14H18N4O2/c1-2-7-20-12-5-3-11(4-6-12)13-8-18(10-16-13)9-14(19)17-15/h3-6,8,10H,2,7,9,15H2,1H3,(H,17,19). The zero-order valence-corrected chi connectivity index (χ0v) is 11.4. The van der Waals surface area contributed by atoms with Gasteiger partial charge in [0.25, 0.3) is 5.91 Å². The predicted molar refractivity (Wildman–Crippen MR) is 75.8 cm³/mol. The van der Waals surface area contributed by atoms with Crippen molar-refractivity contribution in [2.45, 2.75) is 19.9 Å². The van der Waals surface area contributed by atoms with E-state index in [-0.39, 0.29) is 12.5 Å². The Balaban J connectivity index is 2.06. The van der Waals surface area contributed by atoms with Gasteiger partial charge in [0.15, 0.2) is 0 Å². The second-order valence-electron chi connectivity index (χ2n) is 4.37. The number of aromatic nitrogens is 2. The van der Waals surface area contributed by atoms with E-state index in [9.17, 15) is 4.79 Å². The molecule has 0 radical (unpaired) electrons. The number of hydrogen-bond acceptors (Lipinski definition) is 4. The van der Waals surface area contributed by atoms with Crippen LogP contribution in [0.15, 0.2) is 36.8 Å². The quantitative estimate of drug-likeness (QED) is 0.473. The third-order valence-electron chi connectivity index (χ3n) is 2.74. The van der Waals surface area contributed by atoms with Crippen molar-refractivity contribution in [2.24, 2.45) is 5.84 Å². The van der Waals surface area contributed by atoms with Crippen LogP contribution in [-0.4, -0.2) is 22.1 Å². The molecule has 1 heterocycles. The van der Waals surface area contributed by atoms with Crippen molar-refractivity contribution in [3.05, 3.63) is 36.8 Å². The van der Waals surface area contributed by atoms with Crippen molar-refractivity contribution in [2.75, 3.05) is 6.61 Å². The molecule has 6 heteroatoms. The molecule has 2 aromatic rings. The number of hydrazine groups is 1. The number of hydrogen-bond donors (Lipinski definition) is 2. The Morgan fingerprint density at radius 3 is 2.80 bits per heavy atom. The third kappa shape index (κ3) is 3.58. The fraction of sp³-hybridized carbons (Fsp3) is 0.286. The smallest absolute Gasteiger partial charge is 0.253 e. The van der Waals surface area contributed by atoms with Crippen LogP contribution in [0.25, 0.3) is 11.3 Å². The van der Waals surface area contributed by atoms with Crippen LogP contribution in [-0.2, 0) is 11.3 Å². The van der Waals surface area contributed by atoms with E-state index >= 15 is 0 Å². The summed E-state index contributed by atoms with van der Waals surface area (Å²) in [6.07, 6.45) is 4.39.